The fourth-order valence-electron chi connectivity index (χ4n) is 4.65. The molecule has 0 radical (unpaired) electrons. The zero-order valence-corrected chi connectivity index (χ0v) is 24.2. The highest BCUT2D eigenvalue weighted by atomic mass is 35.5. The number of likely N-dealkylation sites (N-methyl/N-ethyl adjacent to an activating group) is 1. The quantitative estimate of drug-likeness (QED) is 0.302. The number of hydrogen-bond donors (Lipinski definition) is 3. The number of amides is 3. The molecule has 40 heavy (non-hydrogen) atoms. The summed E-state index contributed by atoms with van der Waals surface area (Å²) in [6.07, 6.45) is -0.256. The van der Waals surface area contributed by atoms with Crippen LogP contribution in [0.4, 0.5) is 16.2 Å². The van der Waals surface area contributed by atoms with E-state index in [0.717, 1.165) is 5.56 Å². The molecule has 0 saturated carbocycles. The van der Waals surface area contributed by atoms with Crippen molar-refractivity contribution in [2.24, 2.45) is 5.92 Å². The van der Waals surface area contributed by atoms with Crippen LogP contribution in [0.5, 0.6) is 5.75 Å². The van der Waals surface area contributed by atoms with E-state index in [9.17, 15) is 14.7 Å². The Morgan fingerprint density at radius 1 is 1.07 bits per heavy atom. The Bertz CT molecular complexity index is 1340. The maximum absolute atomic E-state index is 13.7. The number of benzene rings is 3. The van der Waals surface area contributed by atoms with Crippen LogP contribution < -0.4 is 15.4 Å². The first kappa shape index (κ1) is 29.7. The number of carbonyl (C=O) groups is 2. The summed E-state index contributed by atoms with van der Waals surface area (Å²) >= 11 is 12.3. The Balaban J connectivity index is 1.56. The van der Waals surface area contributed by atoms with Gasteiger partial charge in [-0.3, -0.25) is 9.69 Å². The number of hydrogen-bond acceptors (Lipinski definition) is 5. The molecule has 0 bridgehead atoms. The number of carbonyl (C=O) groups excluding carboxylic acids is 2. The minimum atomic E-state index is -0.429. The van der Waals surface area contributed by atoms with Crippen molar-refractivity contribution in [3.63, 3.8) is 0 Å². The number of nitrogens with zero attached hydrogens (tertiary/aromatic N) is 2. The lowest BCUT2D eigenvalue weighted by Gasteiger charge is -2.38. The number of nitrogens with one attached hydrogen (secondary N) is 2. The van der Waals surface area contributed by atoms with Crippen LogP contribution in [0, 0.1) is 5.92 Å². The summed E-state index contributed by atoms with van der Waals surface area (Å²) in [5.74, 6) is 0.128. The van der Waals surface area contributed by atoms with Gasteiger partial charge in [0.25, 0.3) is 5.91 Å². The van der Waals surface area contributed by atoms with Gasteiger partial charge < -0.3 is 25.4 Å². The van der Waals surface area contributed by atoms with Crippen LogP contribution in [0.15, 0.2) is 66.7 Å². The normalized spacial score (nSPS) is 17.9. The summed E-state index contributed by atoms with van der Waals surface area (Å²) in [7, 11) is 2.00. The number of ether oxygens (including phenoxy) is 1. The summed E-state index contributed by atoms with van der Waals surface area (Å²) in [5, 5.41) is 16.5. The third-order valence-corrected chi connectivity index (χ3v) is 7.62. The maximum Gasteiger partial charge on any atom is 0.323 e. The molecule has 1 heterocycles. The van der Waals surface area contributed by atoms with Crippen LogP contribution in [-0.2, 0) is 6.54 Å². The van der Waals surface area contributed by atoms with E-state index in [1.54, 1.807) is 41.3 Å². The van der Waals surface area contributed by atoms with Crippen LogP contribution >= 0.6 is 23.2 Å². The number of aliphatic hydroxyl groups excluding tert-OH is 1. The number of anilines is 2. The summed E-state index contributed by atoms with van der Waals surface area (Å²) in [6, 6.07) is 18.9. The first-order valence-electron chi connectivity index (χ1n) is 13.1. The van der Waals surface area contributed by atoms with Crippen LogP contribution in [0.25, 0.3) is 0 Å². The molecule has 3 aromatic carbocycles. The molecule has 4 rings (SSSR count). The molecule has 3 amide bonds. The van der Waals surface area contributed by atoms with Crippen molar-refractivity contribution in [3.05, 3.63) is 87.9 Å². The second kappa shape index (κ2) is 13.4. The third kappa shape index (κ3) is 7.46. The Kier molecular flexibility index (Phi) is 9.92. The largest absolute Gasteiger partial charge is 0.488 e. The molecule has 3 atom stereocenters. The van der Waals surface area contributed by atoms with E-state index >= 15 is 0 Å². The van der Waals surface area contributed by atoms with E-state index in [1.807, 2.05) is 51.2 Å². The average Bonchev–Trinajstić information content (AvgIpc) is 2.93. The lowest BCUT2D eigenvalue weighted by atomic mass is 9.99. The number of fused-ring (bicyclic) bond motifs is 1. The number of rotatable bonds is 8. The molecule has 1 aliphatic rings. The van der Waals surface area contributed by atoms with Gasteiger partial charge in [-0.05, 0) is 62.0 Å². The molecule has 0 fully saturated rings. The highest BCUT2D eigenvalue weighted by molar-refractivity contribution is 6.42. The van der Waals surface area contributed by atoms with Crippen molar-refractivity contribution in [2.75, 3.05) is 37.4 Å². The van der Waals surface area contributed by atoms with Crippen molar-refractivity contribution in [2.45, 2.75) is 32.5 Å². The molecule has 0 unspecified atom stereocenters. The molecule has 0 aliphatic carbocycles. The summed E-state index contributed by atoms with van der Waals surface area (Å²) < 4.78 is 6.46. The second-order valence-corrected chi connectivity index (χ2v) is 11.0. The smallest absolute Gasteiger partial charge is 0.323 e. The molecule has 212 valence electrons. The van der Waals surface area contributed by atoms with Gasteiger partial charge in [-0.1, -0.05) is 54.4 Å². The Labute approximate surface area is 244 Å². The monoisotopic (exact) mass is 584 g/mol. The summed E-state index contributed by atoms with van der Waals surface area (Å²) in [4.78, 5) is 30.0. The number of para-hydroxylation sites is 1. The van der Waals surface area contributed by atoms with Crippen molar-refractivity contribution < 1.29 is 19.4 Å². The van der Waals surface area contributed by atoms with Gasteiger partial charge in [0.2, 0.25) is 0 Å². The topological polar surface area (TPSA) is 94.1 Å². The van der Waals surface area contributed by atoms with Gasteiger partial charge in [-0.2, -0.15) is 0 Å². The molecule has 1 aliphatic heterocycles. The van der Waals surface area contributed by atoms with Crippen molar-refractivity contribution in [1.82, 2.24) is 9.80 Å². The molecule has 10 heteroatoms. The summed E-state index contributed by atoms with van der Waals surface area (Å²) in [5.41, 5.74) is 2.44. The zero-order valence-electron chi connectivity index (χ0n) is 22.7. The first-order chi connectivity index (χ1) is 19.1. The van der Waals surface area contributed by atoms with Crippen LogP contribution in [0.3, 0.4) is 0 Å². The first-order valence-corrected chi connectivity index (χ1v) is 13.9. The molecule has 0 spiro atoms. The number of urea groups is 1. The Hall–Kier alpha value is -3.30. The van der Waals surface area contributed by atoms with Gasteiger partial charge >= 0.3 is 6.03 Å². The SMILES string of the molecule is C[C@H]1CN([C@@H](C)CO)C(=O)c2cc(NC(=O)Nc3ccccc3)ccc2O[C@@H]1CN(C)Cc1ccc(Cl)c(Cl)c1. The van der Waals surface area contributed by atoms with E-state index in [4.69, 9.17) is 27.9 Å². The van der Waals surface area contributed by atoms with Crippen LogP contribution in [-0.4, -0.2) is 65.7 Å². The minimum absolute atomic E-state index is 0.0307. The fraction of sp³-hybridized carbons (Fsp3) is 0.333. The fourth-order valence-corrected chi connectivity index (χ4v) is 4.98. The van der Waals surface area contributed by atoms with Crippen molar-refractivity contribution in [3.8, 4) is 5.75 Å². The van der Waals surface area contributed by atoms with Crippen molar-refractivity contribution in [1.29, 1.82) is 0 Å². The molecular weight excluding hydrogens is 551 g/mol. The second-order valence-electron chi connectivity index (χ2n) is 10.2. The molecule has 0 saturated heterocycles. The van der Waals surface area contributed by atoms with Gasteiger partial charge in [0.15, 0.2) is 0 Å². The highest BCUT2D eigenvalue weighted by Gasteiger charge is 2.33. The van der Waals surface area contributed by atoms with Gasteiger partial charge in [0, 0.05) is 36.9 Å². The van der Waals surface area contributed by atoms with Gasteiger partial charge in [-0.25, -0.2) is 4.79 Å². The van der Waals surface area contributed by atoms with Crippen molar-refractivity contribution >= 4 is 46.5 Å². The van der Waals surface area contributed by atoms with Crippen LogP contribution in [0.1, 0.15) is 29.8 Å². The summed E-state index contributed by atoms with van der Waals surface area (Å²) in [6.45, 7) is 5.29. The minimum Gasteiger partial charge on any atom is -0.488 e. The Morgan fingerprint density at radius 3 is 2.50 bits per heavy atom. The lowest BCUT2D eigenvalue weighted by Crippen LogP contribution is -2.49. The van der Waals surface area contributed by atoms with Gasteiger partial charge in [-0.15, -0.1) is 0 Å². The standard InChI is InChI=1S/C30H34Cl2N4O4/c1-19-15-36(20(2)18-37)29(38)24-14-23(34-30(39)33-22-7-5-4-6-8-22)10-12-27(24)40-28(19)17-35(3)16-21-9-11-25(31)26(32)13-21/h4-14,19-20,28,37H,15-18H2,1-3H3,(H2,33,34,39)/t19-,20-,28+/m0/s1. The number of aliphatic hydroxyl groups is 1. The molecule has 8 nitrogen and oxygen atoms in total. The molecular formula is C30H34Cl2N4O4. The van der Waals surface area contributed by atoms with E-state index in [2.05, 4.69) is 15.5 Å². The van der Waals surface area contributed by atoms with Gasteiger partial charge in [0.1, 0.15) is 11.9 Å². The van der Waals surface area contributed by atoms with E-state index in [1.165, 1.54) is 0 Å². The van der Waals surface area contributed by atoms with E-state index < -0.39 is 12.1 Å². The predicted molar refractivity (Wildman–Crippen MR) is 159 cm³/mol. The van der Waals surface area contributed by atoms with Crippen LogP contribution in [0.2, 0.25) is 10.0 Å². The lowest BCUT2D eigenvalue weighted by molar-refractivity contribution is 0.0341. The zero-order chi connectivity index (χ0) is 28.8. The third-order valence-electron chi connectivity index (χ3n) is 6.88. The van der Waals surface area contributed by atoms with E-state index in [-0.39, 0.29) is 24.5 Å². The predicted octanol–water partition coefficient (Wildman–Crippen LogP) is 5.99. The number of halogens is 2. The van der Waals surface area contributed by atoms with E-state index in [0.29, 0.717) is 52.4 Å². The highest BCUT2D eigenvalue weighted by Crippen LogP contribution is 2.31. The molecule has 0 aromatic heterocycles. The molecule has 3 N–H and O–H groups in total. The van der Waals surface area contributed by atoms with Gasteiger partial charge in [0.05, 0.1) is 28.3 Å². The average molecular weight is 586 g/mol. The molecule has 3 aromatic rings. The maximum atomic E-state index is 13.7. The Morgan fingerprint density at radius 2 is 1.80 bits per heavy atom.